The van der Waals surface area contributed by atoms with Gasteiger partial charge in [0, 0.05) is 19.4 Å². The van der Waals surface area contributed by atoms with Crippen LogP contribution < -0.4 is 24.8 Å². The van der Waals surface area contributed by atoms with Gasteiger partial charge in [0.1, 0.15) is 31.0 Å². The average Bonchev–Trinajstić information content (AvgIpc) is 3.31. The highest BCUT2D eigenvalue weighted by Gasteiger charge is 2.38. The fourth-order valence-electron chi connectivity index (χ4n) is 7.71. The molecule has 1 unspecified atom stereocenters. The van der Waals surface area contributed by atoms with E-state index in [0.717, 1.165) is 38.9 Å². The highest BCUT2D eigenvalue weighted by Crippen LogP contribution is 2.41. The van der Waals surface area contributed by atoms with Crippen LogP contribution in [0, 0.1) is 11.3 Å². The number of carbonyl (C=O) groups excluding carboxylic acids is 2. The molecule has 0 aromatic heterocycles. The van der Waals surface area contributed by atoms with Crippen molar-refractivity contribution in [2.24, 2.45) is 0 Å². The lowest BCUT2D eigenvalue weighted by Gasteiger charge is -2.38. The van der Waals surface area contributed by atoms with Crippen LogP contribution in [-0.4, -0.2) is 46.6 Å². The molecule has 2 aliphatic rings. The molecule has 6 aromatic carbocycles. The van der Waals surface area contributed by atoms with Crippen LogP contribution in [0.15, 0.2) is 133 Å². The summed E-state index contributed by atoms with van der Waals surface area (Å²) in [5.74, 6) is -0.122. The van der Waals surface area contributed by atoms with Crippen molar-refractivity contribution in [1.82, 2.24) is 15.5 Å². The Labute approximate surface area is 374 Å². The number of carboxylic acid groups (broad SMARTS) is 1. The number of nitrogens with zero attached hydrogens (tertiary/aromatic N) is 2. The molecule has 2 heterocycles. The molecule has 318 valence electrons. The molecule has 0 bridgehead atoms. The number of ether oxygens (including phenoxy) is 3. The lowest BCUT2D eigenvalue weighted by molar-refractivity contribution is -0.142. The zero-order chi connectivity index (χ0) is 44.0. The van der Waals surface area contributed by atoms with Crippen molar-refractivity contribution in [2.45, 2.75) is 57.1 Å². The van der Waals surface area contributed by atoms with Crippen LogP contribution in [0.1, 0.15) is 58.0 Å². The Morgan fingerprint density at radius 1 is 0.825 bits per heavy atom. The van der Waals surface area contributed by atoms with Gasteiger partial charge in [-0.2, -0.15) is 5.26 Å². The Balaban J connectivity index is 0.981. The van der Waals surface area contributed by atoms with E-state index in [-0.39, 0.29) is 32.0 Å². The molecule has 8 rings (SSSR count). The average molecular weight is 882 g/mol. The number of hydrogen-bond acceptors (Lipinski definition) is 7. The van der Waals surface area contributed by atoms with Crippen LogP contribution in [-0.2, 0) is 35.6 Å². The zero-order valence-electron chi connectivity index (χ0n) is 34.1. The molecule has 6 aromatic rings. The van der Waals surface area contributed by atoms with Crippen LogP contribution in [0.4, 0.5) is 4.79 Å². The minimum absolute atomic E-state index is 0.0175. The number of carboxylic acids is 1. The third-order valence-corrected chi connectivity index (χ3v) is 12.0. The summed E-state index contributed by atoms with van der Waals surface area (Å²) in [5.41, 5.74) is 7.27. The predicted molar refractivity (Wildman–Crippen MR) is 239 cm³/mol. The van der Waals surface area contributed by atoms with Crippen LogP contribution in [0.3, 0.4) is 0 Å². The summed E-state index contributed by atoms with van der Waals surface area (Å²) in [6.45, 7) is 2.47. The molecule has 2 aliphatic heterocycles. The third-order valence-electron chi connectivity index (χ3n) is 11.3. The van der Waals surface area contributed by atoms with Crippen molar-refractivity contribution in [1.29, 1.82) is 5.26 Å². The van der Waals surface area contributed by atoms with Gasteiger partial charge in [0.2, 0.25) is 5.91 Å². The number of fused-ring (bicyclic) bond motifs is 2. The van der Waals surface area contributed by atoms with Crippen molar-refractivity contribution in [2.75, 3.05) is 6.61 Å². The fraction of sp³-hybridized carbons (Fsp3) is 0.200. The van der Waals surface area contributed by atoms with Gasteiger partial charge in [0.25, 0.3) is 0 Å². The molecule has 3 amide bonds. The first-order chi connectivity index (χ1) is 30.5. The highest BCUT2D eigenvalue weighted by atomic mass is 35.5. The van der Waals surface area contributed by atoms with E-state index < -0.39 is 36.1 Å². The van der Waals surface area contributed by atoms with E-state index in [4.69, 9.17) is 42.7 Å². The van der Waals surface area contributed by atoms with E-state index in [2.05, 4.69) is 16.7 Å². The third kappa shape index (κ3) is 10.0. The molecule has 11 nitrogen and oxygen atoms in total. The zero-order valence-corrected chi connectivity index (χ0v) is 35.6. The first-order valence-electron chi connectivity index (χ1n) is 20.4. The molecule has 63 heavy (non-hydrogen) atoms. The van der Waals surface area contributed by atoms with Crippen molar-refractivity contribution >= 4 is 41.1 Å². The lowest BCUT2D eigenvalue weighted by atomic mass is 9.92. The summed E-state index contributed by atoms with van der Waals surface area (Å²) >= 11 is 12.2. The number of urea groups is 1. The van der Waals surface area contributed by atoms with Crippen molar-refractivity contribution in [3.8, 4) is 34.4 Å². The minimum atomic E-state index is -1.27. The molecular weight excluding hydrogens is 839 g/mol. The Bertz CT molecular complexity index is 2670. The van der Waals surface area contributed by atoms with Crippen molar-refractivity contribution in [3.05, 3.63) is 182 Å². The molecule has 0 spiro atoms. The summed E-state index contributed by atoms with van der Waals surface area (Å²) in [4.78, 5) is 42.4. The minimum Gasteiger partial charge on any atom is -0.489 e. The highest BCUT2D eigenvalue weighted by molar-refractivity contribution is 6.42. The Morgan fingerprint density at radius 2 is 1.51 bits per heavy atom. The molecule has 0 saturated carbocycles. The van der Waals surface area contributed by atoms with E-state index in [1.807, 2.05) is 116 Å². The maximum atomic E-state index is 14.2. The monoisotopic (exact) mass is 880 g/mol. The Morgan fingerprint density at radius 3 is 2.19 bits per heavy atom. The van der Waals surface area contributed by atoms with Gasteiger partial charge in [-0.05, 0) is 100.0 Å². The lowest BCUT2D eigenvalue weighted by Crippen LogP contribution is -2.57. The molecule has 13 heteroatoms. The number of nitriles is 1. The van der Waals surface area contributed by atoms with Crippen LogP contribution in [0.25, 0.3) is 11.1 Å². The number of halogens is 2. The summed E-state index contributed by atoms with van der Waals surface area (Å²) < 4.78 is 18.7. The molecule has 4 atom stereocenters. The van der Waals surface area contributed by atoms with E-state index >= 15 is 0 Å². The quantitative estimate of drug-likeness (QED) is 0.110. The van der Waals surface area contributed by atoms with Gasteiger partial charge in [0.05, 0.1) is 27.7 Å². The van der Waals surface area contributed by atoms with Crippen LogP contribution in [0.2, 0.25) is 10.0 Å². The summed E-state index contributed by atoms with van der Waals surface area (Å²) in [6, 6.07) is 39.6. The fourth-order valence-corrected chi connectivity index (χ4v) is 8.03. The second kappa shape index (κ2) is 18.9. The van der Waals surface area contributed by atoms with Crippen LogP contribution >= 0.6 is 23.2 Å². The predicted octanol–water partition coefficient (Wildman–Crippen LogP) is 9.63. The molecule has 0 aliphatic carbocycles. The molecule has 3 N–H and O–H groups in total. The maximum absolute atomic E-state index is 14.2. The maximum Gasteiger partial charge on any atom is 0.326 e. The van der Waals surface area contributed by atoms with Crippen molar-refractivity contribution < 1.29 is 33.7 Å². The van der Waals surface area contributed by atoms with Gasteiger partial charge in [-0.1, -0.05) is 108 Å². The summed E-state index contributed by atoms with van der Waals surface area (Å²) in [5, 5.41) is 26.2. The van der Waals surface area contributed by atoms with Gasteiger partial charge in [-0.3, -0.25) is 4.79 Å². The number of benzene rings is 6. The molecule has 0 saturated heterocycles. The normalized spacial score (nSPS) is 16.1. The summed E-state index contributed by atoms with van der Waals surface area (Å²) in [6.07, 6.45) is -0.291. The number of nitrogens with one attached hydrogen (secondary N) is 2. The smallest absolute Gasteiger partial charge is 0.326 e. The summed E-state index contributed by atoms with van der Waals surface area (Å²) in [7, 11) is 0. The second-order valence-corrected chi connectivity index (χ2v) is 16.3. The number of hydrogen-bond donors (Lipinski definition) is 3. The van der Waals surface area contributed by atoms with Crippen LogP contribution in [0.5, 0.6) is 17.2 Å². The van der Waals surface area contributed by atoms with Gasteiger partial charge < -0.3 is 34.9 Å². The molecule has 0 radical (unpaired) electrons. The van der Waals surface area contributed by atoms with Gasteiger partial charge in [-0.25, -0.2) is 9.59 Å². The van der Waals surface area contributed by atoms with E-state index in [1.54, 1.807) is 24.3 Å². The Hall–Kier alpha value is -7.00. The number of carbonyl (C=O) groups is 3. The number of amides is 3. The first-order valence-corrected chi connectivity index (χ1v) is 21.1. The van der Waals surface area contributed by atoms with Gasteiger partial charge in [0.15, 0.2) is 17.6 Å². The first kappa shape index (κ1) is 42.7. The van der Waals surface area contributed by atoms with E-state index in [0.29, 0.717) is 45.0 Å². The largest absolute Gasteiger partial charge is 0.489 e. The molecule has 0 fully saturated rings. The van der Waals surface area contributed by atoms with Crippen molar-refractivity contribution in [3.63, 3.8) is 0 Å². The SMILES string of the molecule is C[C@H](NC(=O)N1Cc2cc3c(cc2CC1C(=O)N[C@@H](Cc1ccc(-c2ccc(C#N)cc2)cc1)C(=O)O)OC[C@H](c1ccc(OCc2ccc(Cl)c(Cl)c2)cc1)O3)c1ccccc1. The van der Waals surface area contributed by atoms with E-state index in [9.17, 15) is 19.5 Å². The standard InChI is InChI=1S/C50H42Cl2N4O7/c1-30(34-5-3-2-4-6-34)54-50(60)56-27-39-25-46-45(62-29-47(63-46)37-16-18-40(19-17-37)61-28-33-11-20-41(51)42(52)21-33)24-38(39)23-44(56)48(57)55-43(49(58)59)22-31-7-12-35(13-8-31)36-14-9-32(26-53)10-15-36/h2-21,24-25,30,43-44,47H,22-23,27-29H2,1H3,(H,54,60)(H,55,57)(H,58,59)/t30-,43-,44?,47+/m0/s1. The number of aliphatic carboxylic acids is 1. The van der Waals surface area contributed by atoms with Gasteiger partial charge in [-0.15, -0.1) is 0 Å². The number of rotatable bonds is 12. The molecular formula is C50H42Cl2N4O7. The van der Waals surface area contributed by atoms with E-state index in [1.165, 1.54) is 4.90 Å². The second-order valence-electron chi connectivity index (χ2n) is 15.5. The van der Waals surface area contributed by atoms with Gasteiger partial charge >= 0.3 is 12.0 Å². The Kier molecular flexibility index (Phi) is 12.8. The topological polar surface area (TPSA) is 150 Å².